The van der Waals surface area contributed by atoms with Gasteiger partial charge in [0.2, 0.25) is 5.91 Å². The Kier molecular flexibility index (Phi) is 6.81. The maximum Gasteiger partial charge on any atom is 0.416 e. The van der Waals surface area contributed by atoms with Crippen molar-refractivity contribution >= 4 is 23.2 Å². The Morgan fingerprint density at radius 3 is 2.25 bits per heavy atom. The minimum Gasteiger partial charge on any atom is -0.493 e. The molecule has 0 saturated carbocycles. The molecule has 1 heterocycles. The molecule has 1 saturated heterocycles. The highest BCUT2D eigenvalue weighted by atomic mass is 19.4. The lowest BCUT2D eigenvalue weighted by atomic mass is 9.95. The van der Waals surface area contributed by atoms with Crippen LogP contribution < -0.4 is 25.4 Å². The number of carbonyl (C=O) groups is 2. The van der Waals surface area contributed by atoms with Crippen LogP contribution in [0.5, 0.6) is 11.5 Å². The number of hydrogen-bond acceptors (Lipinski definition) is 5. The van der Waals surface area contributed by atoms with Gasteiger partial charge < -0.3 is 25.4 Å². The van der Waals surface area contributed by atoms with Gasteiger partial charge in [-0.3, -0.25) is 9.59 Å². The first-order valence-electron chi connectivity index (χ1n) is 9.93. The summed E-state index contributed by atoms with van der Waals surface area (Å²) in [6.07, 6.45) is -3.60. The van der Waals surface area contributed by atoms with E-state index in [0.717, 1.165) is 12.1 Å². The number of methoxy groups -OCH3 is 2. The van der Waals surface area contributed by atoms with Crippen molar-refractivity contribution in [2.24, 2.45) is 11.7 Å². The number of ether oxygens (including phenoxy) is 2. The van der Waals surface area contributed by atoms with Gasteiger partial charge in [-0.15, -0.1) is 0 Å². The second-order valence-electron chi connectivity index (χ2n) is 7.42. The fourth-order valence-corrected chi connectivity index (χ4v) is 3.67. The number of nitrogens with zero attached hydrogens (tertiary/aromatic N) is 1. The number of rotatable bonds is 6. The van der Waals surface area contributed by atoms with Crippen molar-refractivity contribution in [3.63, 3.8) is 0 Å². The van der Waals surface area contributed by atoms with E-state index in [9.17, 15) is 22.8 Å². The van der Waals surface area contributed by atoms with E-state index in [-0.39, 0.29) is 23.1 Å². The van der Waals surface area contributed by atoms with Gasteiger partial charge in [-0.25, -0.2) is 0 Å². The summed E-state index contributed by atoms with van der Waals surface area (Å²) >= 11 is 0. The molecule has 3 N–H and O–H groups in total. The summed E-state index contributed by atoms with van der Waals surface area (Å²) in [6.45, 7) is 0.858. The molecule has 7 nitrogen and oxygen atoms in total. The van der Waals surface area contributed by atoms with Gasteiger partial charge in [0.25, 0.3) is 5.91 Å². The molecule has 3 rings (SSSR count). The first-order chi connectivity index (χ1) is 15.1. The van der Waals surface area contributed by atoms with Gasteiger partial charge in [0.1, 0.15) is 0 Å². The topological polar surface area (TPSA) is 93.9 Å². The highest BCUT2D eigenvalue weighted by molar-refractivity contribution is 6.06. The van der Waals surface area contributed by atoms with Crippen LogP contribution in [0.2, 0.25) is 0 Å². The van der Waals surface area contributed by atoms with E-state index in [0.29, 0.717) is 43.1 Å². The molecule has 0 radical (unpaired) electrons. The van der Waals surface area contributed by atoms with Gasteiger partial charge in [-0.05, 0) is 49.2 Å². The third-order valence-electron chi connectivity index (χ3n) is 5.46. The molecule has 0 bridgehead atoms. The van der Waals surface area contributed by atoms with Crippen LogP contribution in [0.3, 0.4) is 0 Å². The number of primary amides is 1. The smallest absolute Gasteiger partial charge is 0.416 e. The predicted octanol–water partition coefficient (Wildman–Crippen LogP) is 3.68. The average Bonchev–Trinajstić information content (AvgIpc) is 2.78. The Balaban J connectivity index is 1.91. The Morgan fingerprint density at radius 2 is 1.69 bits per heavy atom. The fourth-order valence-electron chi connectivity index (χ4n) is 3.67. The lowest BCUT2D eigenvalue weighted by molar-refractivity contribution is -0.137. The second kappa shape index (κ2) is 9.37. The number of piperidine rings is 1. The third-order valence-corrected chi connectivity index (χ3v) is 5.46. The Labute approximate surface area is 183 Å². The molecular weight excluding hydrogens is 427 g/mol. The first-order valence-corrected chi connectivity index (χ1v) is 9.93. The predicted molar refractivity (Wildman–Crippen MR) is 113 cm³/mol. The van der Waals surface area contributed by atoms with E-state index in [1.807, 2.05) is 4.90 Å². The van der Waals surface area contributed by atoms with Crippen molar-refractivity contribution < 1.29 is 32.2 Å². The number of benzene rings is 2. The second-order valence-corrected chi connectivity index (χ2v) is 7.42. The van der Waals surface area contributed by atoms with E-state index in [4.69, 9.17) is 15.2 Å². The lowest BCUT2D eigenvalue weighted by Crippen LogP contribution is -2.39. The molecule has 10 heteroatoms. The maximum atomic E-state index is 13.3. The third kappa shape index (κ3) is 5.06. The average molecular weight is 451 g/mol. The number of hydrogen-bond donors (Lipinski definition) is 2. The van der Waals surface area contributed by atoms with Crippen LogP contribution in [0, 0.1) is 5.92 Å². The number of nitrogens with two attached hydrogens (primary N) is 1. The highest BCUT2D eigenvalue weighted by Crippen LogP contribution is 2.37. The van der Waals surface area contributed by atoms with E-state index >= 15 is 0 Å². The Morgan fingerprint density at radius 1 is 1.03 bits per heavy atom. The van der Waals surface area contributed by atoms with E-state index in [1.54, 1.807) is 0 Å². The van der Waals surface area contributed by atoms with E-state index in [1.165, 1.54) is 38.5 Å². The molecule has 1 aliphatic heterocycles. The van der Waals surface area contributed by atoms with Crippen molar-refractivity contribution in [1.82, 2.24) is 0 Å². The van der Waals surface area contributed by atoms with Gasteiger partial charge in [0.15, 0.2) is 11.5 Å². The summed E-state index contributed by atoms with van der Waals surface area (Å²) in [5.41, 5.74) is 5.14. The van der Waals surface area contributed by atoms with Gasteiger partial charge in [0, 0.05) is 24.6 Å². The van der Waals surface area contributed by atoms with Crippen LogP contribution >= 0.6 is 0 Å². The molecule has 0 atom stereocenters. The molecule has 172 valence electrons. The molecule has 0 spiro atoms. The molecule has 1 aliphatic rings. The summed E-state index contributed by atoms with van der Waals surface area (Å²) in [7, 11) is 2.87. The molecule has 0 aliphatic carbocycles. The molecule has 2 aromatic carbocycles. The van der Waals surface area contributed by atoms with Gasteiger partial charge in [-0.1, -0.05) is 0 Å². The van der Waals surface area contributed by atoms with Crippen LogP contribution in [0.25, 0.3) is 0 Å². The summed E-state index contributed by atoms with van der Waals surface area (Å²) < 4.78 is 50.3. The number of amides is 2. The van der Waals surface area contributed by atoms with Crippen LogP contribution in [0.4, 0.5) is 24.5 Å². The normalized spacial score (nSPS) is 14.7. The number of carbonyl (C=O) groups excluding carboxylic acids is 2. The molecule has 2 amide bonds. The number of nitrogens with one attached hydrogen (secondary N) is 1. The Hall–Kier alpha value is -3.43. The largest absolute Gasteiger partial charge is 0.493 e. The van der Waals surface area contributed by atoms with Gasteiger partial charge in [0.05, 0.1) is 31.2 Å². The summed E-state index contributed by atoms with van der Waals surface area (Å²) in [6, 6.07) is 7.69. The number of halogens is 3. The van der Waals surface area contributed by atoms with Crippen molar-refractivity contribution in [3.05, 3.63) is 47.5 Å². The number of anilines is 2. The summed E-state index contributed by atoms with van der Waals surface area (Å²) in [4.78, 5) is 26.1. The monoisotopic (exact) mass is 451 g/mol. The van der Waals surface area contributed by atoms with Crippen molar-refractivity contribution in [1.29, 1.82) is 0 Å². The van der Waals surface area contributed by atoms with Crippen LogP contribution in [0.1, 0.15) is 28.8 Å². The van der Waals surface area contributed by atoms with Crippen molar-refractivity contribution in [3.8, 4) is 11.5 Å². The lowest BCUT2D eigenvalue weighted by Gasteiger charge is -2.33. The number of alkyl halides is 3. The quantitative estimate of drug-likeness (QED) is 0.699. The molecule has 0 unspecified atom stereocenters. The van der Waals surface area contributed by atoms with E-state index in [2.05, 4.69) is 5.32 Å². The SMILES string of the molecule is COc1ccc(C(=O)Nc2cc(C(F)(F)F)ccc2N2CCC(C(N)=O)CC2)cc1OC. The first kappa shape index (κ1) is 23.2. The van der Waals surface area contributed by atoms with Crippen LogP contribution in [-0.2, 0) is 11.0 Å². The van der Waals surface area contributed by atoms with Crippen molar-refractivity contribution in [2.75, 3.05) is 37.5 Å². The molecule has 32 heavy (non-hydrogen) atoms. The minimum atomic E-state index is -4.57. The Bertz CT molecular complexity index is 1000. The molecule has 2 aromatic rings. The van der Waals surface area contributed by atoms with Crippen LogP contribution in [-0.4, -0.2) is 39.1 Å². The zero-order chi connectivity index (χ0) is 23.5. The standard InChI is InChI=1S/C22H24F3N3O4/c1-31-18-6-3-14(11-19(18)32-2)21(30)27-16-12-15(22(23,24)25)4-5-17(16)28-9-7-13(8-10-28)20(26)29/h3-6,11-13H,7-10H2,1-2H3,(H2,26,29)(H,27,30). The zero-order valence-electron chi connectivity index (χ0n) is 17.7. The molecular formula is C22H24F3N3O4. The zero-order valence-corrected chi connectivity index (χ0v) is 17.7. The van der Waals surface area contributed by atoms with Gasteiger partial charge in [-0.2, -0.15) is 13.2 Å². The summed E-state index contributed by atoms with van der Waals surface area (Å²) in [5, 5.41) is 2.59. The van der Waals surface area contributed by atoms with Crippen LogP contribution in [0.15, 0.2) is 36.4 Å². The molecule has 1 fully saturated rings. The minimum absolute atomic E-state index is 0.0251. The van der Waals surface area contributed by atoms with Crippen molar-refractivity contribution in [2.45, 2.75) is 19.0 Å². The highest BCUT2D eigenvalue weighted by Gasteiger charge is 2.32. The molecule has 0 aromatic heterocycles. The van der Waals surface area contributed by atoms with E-state index < -0.39 is 17.6 Å². The fraction of sp³-hybridized carbons (Fsp3) is 0.364. The maximum absolute atomic E-state index is 13.3. The summed E-state index contributed by atoms with van der Waals surface area (Å²) in [5.74, 6) is -0.526. The van der Waals surface area contributed by atoms with Gasteiger partial charge >= 0.3 is 6.18 Å².